The lowest BCUT2D eigenvalue weighted by molar-refractivity contribution is 0.272. The molecule has 2 heteroatoms. The van der Waals surface area contributed by atoms with Crippen LogP contribution in [0.3, 0.4) is 0 Å². The van der Waals surface area contributed by atoms with Gasteiger partial charge < -0.3 is 10.6 Å². The van der Waals surface area contributed by atoms with Crippen LogP contribution in [0.15, 0.2) is 0 Å². The molecule has 0 aliphatic heterocycles. The molecule has 84 valence electrons. The van der Waals surface area contributed by atoms with Gasteiger partial charge in [-0.15, -0.1) is 0 Å². The fraction of sp³-hybridized carbons (Fsp3) is 1.00. The molecule has 3 unspecified atom stereocenters. The van der Waals surface area contributed by atoms with Gasteiger partial charge in [-0.1, -0.05) is 26.2 Å². The highest BCUT2D eigenvalue weighted by Crippen LogP contribution is 2.19. The SMILES string of the molecule is CCCC(C)NC1CCCCC1NC. The van der Waals surface area contributed by atoms with Crippen molar-refractivity contribution in [3.8, 4) is 0 Å². The van der Waals surface area contributed by atoms with Crippen molar-refractivity contribution in [3.63, 3.8) is 0 Å². The Hall–Kier alpha value is -0.0800. The van der Waals surface area contributed by atoms with Gasteiger partial charge in [-0.25, -0.2) is 0 Å². The molecule has 3 atom stereocenters. The second-order valence-electron chi connectivity index (χ2n) is 4.64. The van der Waals surface area contributed by atoms with Crippen LogP contribution in [0.2, 0.25) is 0 Å². The largest absolute Gasteiger partial charge is 0.315 e. The van der Waals surface area contributed by atoms with Gasteiger partial charge in [-0.05, 0) is 33.2 Å². The van der Waals surface area contributed by atoms with E-state index in [9.17, 15) is 0 Å². The highest BCUT2D eigenvalue weighted by molar-refractivity contribution is 4.86. The normalized spacial score (nSPS) is 30.2. The number of rotatable bonds is 5. The second kappa shape index (κ2) is 6.41. The molecule has 0 spiro atoms. The minimum Gasteiger partial charge on any atom is -0.315 e. The first-order valence-corrected chi connectivity index (χ1v) is 6.21. The Morgan fingerprint density at radius 3 is 2.43 bits per heavy atom. The maximum absolute atomic E-state index is 3.76. The first-order valence-electron chi connectivity index (χ1n) is 6.21. The minimum absolute atomic E-state index is 0.680. The summed E-state index contributed by atoms with van der Waals surface area (Å²) in [6, 6.07) is 2.08. The third-order valence-corrected chi connectivity index (χ3v) is 3.36. The van der Waals surface area contributed by atoms with Crippen LogP contribution >= 0.6 is 0 Å². The molecule has 1 rings (SSSR count). The number of hydrogen-bond acceptors (Lipinski definition) is 2. The quantitative estimate of drug-likeness (QED) is 0.708. The van der Waals surface area contributed by atoms with Crippen molar-refractivity contribution in [1.29, 1.82) is 0 Å². The summed E-state index contributed by atoms with van der Waals surface area (Å²) in [5, 5.41) is 7.20. The molecule has 0 heterocycles. The number of hydrogen-bond donors (Lipinski definition) is 2. The maximum Gasteiger partial charge on any atom is 0.0223 e. The molecule has 0 aromatic rings. The molecular formula is C12H26N2. The van der Waals surface area contributed by atoms with Gasteiger partial charge >= 0.3 is 0 Å². The molecule has 0 saturated heterocycles. The number of nitrogens with one attached hydrogen (secondary N) is 2. The fourth-order valence-corrected chi connectivity index (χ4v) is 2.56. The van der Waals surface area contributed by atoms with Gasteiger partial charge in [-0.3, -0.25) is 0 Å². The molecule has 1 aliphatic rings. The van der Waals surface area contributed by atoms with Crippen molar-refractivity contribution >= 4 is 0 Å². The Morgan fingerprint density at radius 1 is 1.21 bits per heavy atom. The maximum atomic E-state index is 3.76. The summed E-state index contributed by atoms with van der Waals surface area (Å²) in [6.07, 6.45) is 8.06. The van der Waals surface area contributed by atoms with Crippen LogP contribution in [0.25, 0.3) is 0 Å². The van der Waals surface area contributed by atoms with Crippen LogP contribution in [0, 0.1) is 0 Å². The standard InChI is InChI=1S/C12H26N2/c1-4-7-10(2)14-12-9-6-5-8-11(12)13-3/h10-14H,4-9H2,1-3H3. The van der Waals surface area contributed by atoms with Crippen molar-refractivity contribution in [1.82, 2.24) is 10.6 Å². The Labute approximate surface area is 88.8 Å². The van der Waals surface area contributed by atoms with Crippen molar-refractivity contribution in [3.05, 3.63) is 0 Å². The lowest BCUT2D eigenvalue weighted by Gasteiger charge is -2.34. The second-order valence-corrected chi connectivity index (χ2v) is 4.64. The average Bonchev–Trinajstić information content (AvgIpc) is 2.19. The van der Waals surface area contributed by atoms with E-state index in [0.29, 0.717) is 18.1 Å². The van der Waals surface area contributed by atoms with Crippen LogP contribution in [-0.2, 0) is 0 Å². The summed E-state index contributed by atoms with van der Waals surface area (Å²) in [6.45, 7) is 4.57. The summed E-state index contributed by atoms with van der Waals surface area (Å²) in [5.74, 6) is 0. The van der Waals surface area contributed by atoms with Gasteiger partial charge in [0.05, 0.1) is 0 Å². The highest BCUT2D eigenvalue weighted by Gasteiger charge is 2.24. The average molecular weight is 198 g/mol. The summed E-state index contributed by atoms with van der Waals surface area (Å²) < 4.78 is 0. The zero-order valence-electron chi connectivity index (χ0n) is 9.97. The smallest absolute Gasteiger partial charge is 0.0223 e. The van der Waals surface area contributed by atoms with Gasteiger partial charge in [-0.2, -0.15) is 0 Å². The van der Waals surface area contributed by atoms with Crippen LogP contribution in [0.1, 0.15) is 52.4 Å². The molecule has 0 amide bonds. The van der Waals surface area contributed by atoms with E-state index in [2.05, 4.69) is 31.5 Å². The van der Waals surface area contributed by atoms with E-state index in [1.165, 1.54) is 38.5 Å². The molecule has 2 N–H and O–H groups in total. The molecule has 0 aromatic carbocycles. The van der Waals surface area contributed by atoms with Crippen molar-refractivity contribution in [2.75, 3.05) is 7.05 Å². The molecule has 2 nitrogen and oxygen atoms in total. The third-order valence-electron chi connectivity index (χ3n) is 3.36. The van der Waals surface area contributed by atoms with E-state index in [1.54, 1.807) is 0 Å². The molecule has 1 fully saturated rings. The fourth-order valence-electron chi connectivity index (χ4n) is 2.56. The lowest BCUT2D eigenvalue weighted by atomic mass is 9.89. The molecule has 0 aromatic heterocycles. The molecule has 0 radical (unpaired) electrons. The number of likely N-dealkylation sites (N-methyl/N-ethyl adjacent to an activating group) is 1. The molecule has 14 heavy (non-hydrogen) atoms. The van der Waals surface area contributed by atoms with E-state index in [-0.39, 0.29) is 0 Å². The summed E-state index contributed by atoms with van der Waals surface area (Å²) in [7, 11) is 2.09. The Balaban J connectivity index is 2.32. The Morgan fingerprint density at radius 2 is 1.86 bits per heavy atom. The van der Waals surface area contributed by atoms with Crippen molar-refractivity contribution < 1.29 is 0 Å². The zero-order valence-corrected chi connectivity index (χ0v) is 9.97. The highest BCUT2D eigenvalue weighted by atomic mass is 15.0. The summed E-state index contributed by atoms with van der Waals surface area (Å²) in [5.41, 5.74) is 0. The molecule has 1 saturated carbocycles. The van der Waals surface area contributed by atoms with E-state index < -0.39 is 0 Å². The van der Waals surface area contributed by atoms with Gasteiger partial charge in [0.25, 0.3) is 0 Å². The minimum atomic E-state index is 0.680. The first-order chi connectivity index (χ1) is 6.77. The van der Waals surface area contributed by atoms with Gasteiger partial charge in [0.2, 0.25) is 0 Å². The predicted octanol–water partition coefficient (Wildman–Crippen LogP) is 2.30. The van der Waals surface area contributed by atoms with E-state index in [0.717, 1.165) is 0 Å². The van der Waals surface area contributed by atoms with Crippen molar-refractivity contribution in [2.45, 2.75) is 70.5 Å². The third kappa shape index (κ3) is 3.58. The van der Waals surface area contributed by atoms with E-state index >= 15 is 0 Å². The summed E-state index contributed by atoms with van der Waals surface area (Å²) in [4.78, 5) is 0. The molecular weight excluding hydrogens is 172 g/mol. The van der Waals surface area contributed by atoms with Gasteiger partial charge in [0.1, 0.15) is 0 Å². The predicted molar refractivity (Wildman–Crippen MR) is 62.6 cm³/mol. The van der Waals surface area contributed by atoms with Gasteiger partial charge in [0.15, 0.2) is 0 Å². The van der Waals surface area contributed by atoms with Crippen LogP contribution < -0.4 is 10.6 Å². The van der Waals surface area contributed by atoms with Crippen LogP contribution in [0.4, 0.5) is 0 Å². The first kappa shape index (κ1) is 12.0. The van der Waals surface area contributed by atoms with Crippen molar-refractivity contribution in [2.24, 2.45) is 0 Å². The zero-order chi connectivity index (χ0) is 10.4. The van der Waals surface area contributed by atoms with E-state index in [1.807, 2.05) is 0 Å². The molecule has 0 bridgehead atoms. The van der Waals surface area contributed by atoms with Crippen LogP contribution in [-0.4, -0.2) is 25.2 Å². The Bertz CT molecular complexity index is 147. The van der Waals surface area contributed by atoms with E-state index in [4.69, 9.17) is 0 Å². The monoisotopic (exact) mass is 198 g/mol. The van der Waals surface area contributed by atoms with Gasteiger partial charge in [0, 0.05) is 18.1 Å². The topological polar surface area (TPSA) is 24.1 Å². The lowest BCUT2D eigenvalue weighted by Crippen LogP contribution is -2.51. The summed E-state index contributed by atoms with van der Waals surface area (Å²) >= 11 is 0. The molecule has 1 aliphatic carbocycles. The van der Waals surface area contributed by atoms with Crippen LogP contribution in [0.5, 0.6) is 0 Å². The Kier molecular flexibility index (Phi) is 5.49.